The maximum absolute atomic E-state index is 11.9. The summed E-state index contributed by atoms with van der Waals surface area (Å²) < 4.78 is 0. The molecule has 1 aliphatic rings. The summed E-state index contributed by atoms with van der Waals surface area (Å²) in [5.41, 5.74) is 3.23. The lowest BCUT2D eigenvalue weighted by atomic mass is 9.82. The van der Waals surface area contributed by atoms with Crippen molar-refractivity contribution in [1.82, 2.24) is 4.98 Å². The number of rotatable bonds is 1. The van der Waals surface area contributed by atoms with E-state index in [-0.39, 0.29) is 5.78 Å². The van der Waals surface area contributed by atoms with Gasteiger partial charge in [-0.1, -0.05) is 30.3 Å². The van der Waals surface area contributed by atoms with Crippen molar-refractivity contribution in [3.8, 4) is 0 Å². The van der Waals surface area contributed by atoms with E-state index in [0.717, 1.165) is 17.7 Å². The average Bonchev–Trinajstić information content (AvgIpc) is 2.79. The van der Waals surface area contributed by atoms with Crippen molar-refractivity contribution in [3.63, 3.8) is 0 Å². The minimum Gasteiger partial charge on any atom is -0.364 e. The summed E-state index contributed by atoms with van der Waals surface area (Å²) >= 11 is 0. The molecule has 2 aromatic rings. The first kappa shape index (κ1) is 9.40. The van der Waals surface area contributed by atoms with Gasteiger partial charge >= 0.3 is 0 Å². The molecule has 0 radical (unpaired) electrons. The number of carbonyl (C=O) groups is 1. The van der Waals surface area contributed by atoms with Crippen molar-refractivity contribution in [2.75, 3.05) is 0 Å². The first-order valence-corrected chi connectivity index (χ1v) is 5.59. The Morgan fingerprint density at radius 1 is 1.06 bits per heavy atom. The van der Waals surface area contributed by atoms with E-state index in [1.807, 2.05) is 30.5 Å². The van der Waals surface area contributed by atoms with Crippen molar-refractivity contribution in [2.24, 2.45) is 0 Å². The Hall–Kier alpha value is -1.83. The van der Waals surface area contributed by atoms with Crippen LogP contribution >= 0.6 is 0 Å². The highest BCUT2D eigenvalue weighted by molar-refractivity contribution is 5.98. The average molecular weight is 211 g/mol. The first-order valence-electron chi connectivity index (χ1n) is 5.59. The van der Waals surface area contributed by atoms with Crippen LogP contribution in [0.15, 0.2) is 42.6 Å². The molecule has 1 atom stereocenters. The third kappa shape index (κ3) is 1.47. The number of aromatic amines is 1. The van der Waals surface area contributed by atoms with Crippen LogP contribution in [0.5, 0.6) is 0 Å². The predicted octanol–water partition coefficient (Wildman–Crippen LogP) is 2.93. The summed E-state index contributed by atoms with van der Waals surface area (Å²) in [6.45, 7) is 0. The molecule has 0 saturated heterocycles. The van der Waals surface area contributed by atoms with Crippen molar-refractivity contribution < 1.29 is 4.79 Å². The van der Waals surface area contributed by atoms with Crippen LogP contribution in [0.2, 0.25) is 0 Å². The normalized spacial score (nSPS) is 19.5. The van der Waals surface area contributed by atoms with Gasteiger partial charge in [0, 0.05) is 23.9 Å². The van der Waals surface area contributed by atoms with Crippen molar-refractivity contribution in [1.29, 1.82) is 0 Å². The third-order valence-electron chi connectivity index (χ3n) is 3.29. The molecule has 0 saturated carbocycles. The zero-order valence-electron chi connectivity index (χ0n) is 8.94. The summed E-state index contributed by atoms with van der Waals surface area (Å²) in [5.74, 6) is 0.594. The molecule has 0 spiro atoms. The molecule has 0 aliphatic heterocycles. The lowest BCUT2D eigenvalue weighted by Gasteiger charge is -2.21. The zero-order chi connectivity index (χ0) is 11.0. The Balaban J connectivity index is 1.95. The molecule has 1 heterocycles. The molecule has 2 nitrogen and oxygen atoms in total. The van der Waals surface area contributed by atoms with E-state index in [0.29, 0.717) is 12.3 Å². The monoisotopic (exact) mass is 211 g/mol. The zero-order valence-corrected chi connectivity index (χ0v) is 8.94. The fourth-order valence-electron chi connectivity index (χ4n) is 2.45. The molecule has 1 N–H and O–H groups in total. The molecule has 3 rings (SSSR count). The van der Waals surface area contributed by atoms with E-state index >= 15 is 0 Å². The van der Waals surface area contributed by atoms with Gasteiger partial charge in [-0.15, -0.1) is 0 Å². The van der Waals surface area contributed by atoms with Crippen LogP contribution < -0.4 is 0 Å². The standard InChI is InChI=1S/C14H13NO/c16-14-9-11(10-4-2-1-3-5-10)8-13-12(14)6-7-15-13/h1-7,11,15H,8-9H2. The highest BCUT2D eigenvalue weighted by Gasteiger charge is 2.26. The van der Waals surface area contributed by atoms with Crippen molar-refractivity contribution in [3.05, 3.63) is 59.4 Å². The lowest BCUT2D eigenvalue weighted by Crippen LogP contribution is -2.17. The Morgan fingerprint density at radius 2 is 1.88 bits per heavy atom. The largest absolute Gasteiger partial charge is 0.364 e. The lowest BCUT2D eigenvalue weighted by molar-refractivity contribution is 0.0964. The Kier molecular flexibility index (Phi) is 2.13. The smallest absolute Gasteiger partial charge is 0.165 e. The van der Waals surface area contributed by atoms with Gasteiger partial charge in [0.15, 0.2) is 5.78 Å². The molecule has 0 amide bonds. The van der Waals surface area contributed by atoms with Gasteiger partial charge in [-0.2, -0.15) is 0 Å². The molecule has 0 fully saturated rings. The summed E-state index contributed by atoms with van der Waals surface area (Å²) in [4.78, 5) is 15.1. The predicted molar refractivity (Wildman–Crippen MR) is 62.6 cm³/mol. The van der Waals surface area contributed by atoms with Crippen molar-refractivity contribution >= 4 is 5.78 Å². The highest BCUT2D eigenvalue weighted by atomic mass is 16.1. The molecule has 80 valence electrons. The fourth-order valence-corrected chi connectivity index (χ4v) is 2.45. The number of hydrogen-bond acceptors (Lipinski definition) is 1. The topological polar surface area (TPSA) is 32.9 Å². The molecular formula is C14H13NO. The van der Waals surface area contributed by atoms with Gasteiger partial charge in [0.2, 0.25) is 0 Å². The first-order chi connectivity index (χ1) is 7.84. The number of nitrogens with one attached hydrogen (secondary N) is 1. The Labute approximate surface area is 94.3 Å². The van der Waals surface area contributed by atoms with Gasteiger partial charge in [-0.25, -0.2) is 0 Å². The molecule has 1 aromatic carbocycles. The van der Waals surface area contributed by atoms with E-state index in [2.05, 4.69) is 17.1 Å². The highest BCUT2D eigenvalue weighted by Crippen LogP contribution is 2.31. The molecule has 1 aromatic heterocycles. The van der Waals surface area contributed by atoms with E-state index in [1.165, 1.54) is 5.56 Å². The second kappa shape index (κ2) is 3.63. The number of Topliss-reactive ketones (excluding diaryl/α,β-unsaturated/α-hetero) is 1. The van der Waals surface area contributed by atoms with Crippen molar-refractivity contribution in [2.45, 2.75) is 18.8 Å². The van der Waals surface area contributed by atoms with Crippen LogP contribution in [0.1, 0.15) is 34.0 Å². The number of hydrogen-bond donors (Lipinski definition) is 1. The van der Waals surface area contributed by atoms with Gasteiger partial charge < -0.3 is 4.98 Å². The minimum atomic E-state index is 0.261. The summed E-state index contributed by atoms with van der Waals surface area (Å²) in [6, 6.07) is 12.2. The minimum absolute atomic E-state index is 0.261. The second-order valence-corrected chi connectivity index (χ2v) is 4.31. The van der Waals surface area contributed by atoms with Gasteiger partial charge in [0.1, 0.15) is 0 Å². The number of benzene rings is 1. The maximum atomic E-state index is 11.9. The van der Waals surface area contributed by atoms with Crippen LogP contribution in [0.4, 0.5) is 0 Å². The number of fused-ring (bicyclic) bond motifs is 1. The van der Waals surface area contributed by atoms with Gasteiger partial charge in [-0.3, -0.25) is 4.79 Å². The van der Waals surface area contributed by atoms with Crippen LogP contribution in [0.3, 0.4) is 0 Å². The van der Waals surface area contributed by atoms with Gasteiger partial charge in [0.05, 0.1) is 0 Å². The Morgan fingerprint density at radius 3 is 2.69 bits per heavy atom. The van der Waals surface area contributed by atoms with Gasteiger partial charge in [-0.05, 0) is 24.0 Å². The van der Waals surface area contributed by atoms with Crippen LogP contribution in [-0.4, -0.2) is 10.8 Å². The van der Waals surface area contributed by atoms with E-state index in [4.69, 9.17) is 0 Å². The summed E-state index contributed by atoms with van der Waals surface area (Å²) in [6.07, 6.45) is 3.43. The summed E-state index contributed by atoms with van der Waals surface area (Å²) in [7, 11) is 0. The van der Waals surface area contributed by atoms with E-state index in [9.17, 15) is 4.79 Å². The molecule has 2 heteroatoms. The number of aromatic nitrogens is 1. The molecule has 1 unspecified atom stereocenters. The van der Waals surface area contributed by atoms with E-state index < -0.39 is 0 Å². The SMILES string of the molecule is O=C1CC(c2ccccc2)Cc2[nH]ccc21. The molecule has 1 aliphatic carbocycles. The van der Waals surface area contributed by atoms with E-state index in [1.54, 1.807) is 0 Å². The Bertz CT molecular complexity index is 513. The van der Waals surface area contributed by atoms with Crippen LogP contribution in [-0.2, 0) is 6.42 Å². The number of ketones is 1. The second-order valence-electron chi connectivity index (χ2n) is 4.31. The third-order valence-corrected chi connectivity index (χ3v) is 3.29. The quantitative estimate of drug-likeness (QED) is 0.773. The summed E-state index contributed by atoms with van der Waals surface area (Å²) in [5, 5.41) is 0. The van der Waals surface area contributed by atoms with Crippen LogP contribution in [0.25, 0.3) is 0 Å². The fraction of sp³-hybridized carbons (Fsp3) is 0.214. The maximum Gasteiger partial charge on any atom is 0.165 e. The molecular weight excluding hydrogens is 198 g/mol. The number of H-pyrrole nitrogens is 1. The number of carbonyl (C=O) groups excluding carboxylic acids is 1. The molecule has 16 heavy (non-hydrogen) atoms. The van der Waals surface area contributed by atoms with Crippen LogP contribution in [0, 0.1) is 0 Å². The van der Waals surface area contributed by atoms with Gasteiger partial charge in [0.25, 0.3) is 0 Å². The molecule has 0 bridgehead atoms.